The Morgan fingerprint density at radius 3 is 2.60 bits per heavy atom. The summed E-state index contributed by atoms with van der Waals surface area (Å²) in [6, 6.07) is 12.3. The van der Waals surface area contributed by atoms with Crippen LogP contribution in [-0.4, -0.2) is 29.2 Å². The molecule has 0 radical (unpaired) electrons. The maximum absolute atomic E-state index is 13.7. The second-order valence-corrected chi connectivity index (χ2v) is 5.38. The molecule has 124 valence electrons. The fraction of sp³-hybridized carbons (Fsp3) is 0.111. The molecule has 2 aromatic carbocycles. The van der Waals surface area contributed by atoms with Crippen LogP contribution in [0.25, 0.3) is 0 Å². The average molecular weight is 337 g/mol. The Morgan fingerprint density at radius 1 is 1.12 bits per heavy atom. The third-order valence-electron chi connectivity index (χ3n) is 3.83. The minimum Gasteiger partial charge on any atom is -0.325 e. The van der Waals surface area contributed by atoms with Gasteiger partial charge in [-0.25, -0.2) is 4.39 Å². The first-order chi connectivity index (χ1) is 12.0. The van der Waals surface area contributed by atoms with Crippen LogP contribution >= 0.6 is 0 Å². The minimum absolute atomic E-state index is 0.000217. The number of amides is 3. The molecule has 1 heterocycles. The Morgan fingerprint density at radius 2 is 1.88 bits per heavy atom. The summed E-state index contributed by atoms with van der Waals surface area (Å²) in [5.41, 5.74) is 0.394. The number of nitrogens with one attached hydrogen (secondary N) is 1. The van der Waals surface area contributed by atoms with E-state index in [2.05, 4.69) is 5.32 Å². The number of hydrogen-bond acceptors (Lipinski definition) is 4. The quantitative estimate of drug-likeness (QED) is 0.867. The van der Waals surface area contributed by atoms with Crippen LogP contribution in [0.15, 0.2) is 42.5 Å². The molecule has 3 amide bonds. The van der Waals surface area contributed by atoms with Crippen LogP contribution in [0.2, 0.25) is 0 Å². The van der Waals surface area contributed by atoms with E-state index >= 15 is 0 Å². The van der Waals surface area contributed by atoms with E-state index in [-0.39, 0.29) is 24.1 Å². The largest absolute Gasteiger partial charge is 0.325 e. The van der Waals surface area contributed by atoms with Gasteiger partial charge in [-0.1, -0.05) is 18.2 Å². The molecule has 0 spiro atoms. The summed E-state index contributed by atoms with van der Waals surface area (Å²) in [5, 5.41) is 11.6. The molecule has 6 nitrogen and oxygen atoms in total. The molecule has 1 aliphatic heterocycles. The molecule has 0 unspecified atom stereocenters. The number of nitriles is 1. The van der Waals surface area contributed by atoms with Gasteiger partial charge in [0.2, 0.25) is 5.91 Å². The maximum Gasteiger partial charge on any atom is 0.264 e. The van der Waals surface area contributed by atoms with Crippen molar-refractivity contribution in [3.63, 3.8) is 0 Å². The Hall–Kier alpha value is -3.53. The van der Waals surface area contributed by atoms with Gasteiger partial charge in [-0.3, -0.25) is 19.3 Å². The van der Waals surface area contributed by atoms with Crippen molar-refractivity contribution in [2.24, 2.45) is 0 Å². The molecule has 0 aliphatic carbocycles. The van der Waals surface area contributed by atoms with Crippen LogP contribution in [0.1, 0.15) is 32.7 Å². The van der Waals surface area contributed by atoms with Gasteiger partial charge in [-0.2, -0.15) is 5.26 Å². The van der Waals surface area contributed by atoms with Gasteiger partial charge in [0.1, 0.15) is 11.9 Å². The summed E-state index contributed by atoms with van der Waals surface area (Å²) in [6.45, 7) is -0.174. The molecule has 1 aliphatic rings. The van der Waals surface area contributed by atoms with E-state index in [9.17, 15) is 18.8 Å². The number of halogens is 1. The van der Waals surface area contributed by atoms with Gasteiger partial charge < -0.3 is 5.32 Å². The van der Waals surface area contributed by atoms with Crippen molar-refractivity contribution < 1.29 is 18.8 Å². The average Bonchev–Trinajstić information content (AvgIpc) is 2.85. The number of benzene rings is 2. The number of anilines is 1. The fourth-order valence-corrected chi connectivity index (χ4v) is 2.61. The predicted octanol–water partition coefficient (Wildman–Crippen LogP) is 2.32. The Labute approximate surface area is 142 Å². The van der Waals surface area contributed by atoms with Crippen molar-refractivity contribution in [2.75, 3.05) is 11.9 Å². The molecular weight excluding hydrogens is 325 g/mol. The predicted molar refractivity (Wildman–Crippen MR) is 86.2 cm³/mol. The maximum atomic E-state index is 13.7. The number of carbonyl (C=O) groups is 3. The highest BCUT2D eigenvalue weighted by Crippen LogP contribution is 2.25. The Bertz CT molecular complexity index is 933. The number of fused-ring (bicyclic) bond motifs is 1. The number of imide groups is 1. The number of carbonyl (C=O) groups excluding carboxylic acids is 3. The first-order valence-corrected chi connectivity index (χ1v) is 7.46. The van der Waals surface area contributed by atoms with Crippen molar-refractivity contribution in [1.82, 2.24) is 4.90 Å². The summed E-state index contributed by atoms with van der Waals surface area (Å²) in [5.74, 6) is -2.58. The third kappa shape index (κ3) is 2.97. The van der Waals surface area contributed by atoms with Gasteiger partial charge >= 0.3 is 0 Å². The summed E-state index contributed by atoms with van der Waals surface area (Å²) >= 11 is 0. The molecule has 0 saturated carbocycles. The van der Waals surface area contributed by atoms with Gasteiger partial charge in [0.25, 0.3) is 11.8 Å². The summed E-state index contributed by atoms with van der Waals surface area (Å²) in [4.78, 5) is 37.3. The Kier molecular flexibility index (Phi) is 4.27. The van der Waals surface area contributed by atoms with Crippen molar-refractivity contribution in [3.05, 3.63) is 65.0 Å². The Balaban J connectivity index is 1.68. The van der Waals surface area contributed by atoms with E-state index in [0.29, 0.717) is 11.3 Å². The standard InChI is InChI=1S/C18H12FN3O3/c19-13-6-3-5-12-16(13)18(25)22(17(12)24)9-8-15(23)21-14-7-2-1-4-11(14)10-20/h1-7H,8-9H2,(H,21,23). The van der Waals surface area contributed by atoms with Crippen molar-refractivity contribution in [1.29, 1.82) is 5.26 Å². The highest BCUT2D eigenvalue weighted by atomic mass is 19.1. The lowest BCUT2D eigenvalue weighted by Gasteiger charge is -2.13. The second kappa shape index (κ2) is 6.53. The minimum atomic E-state index is -0.759. The van der Waals surface area contributed by atoms with E-state index in [4.69, 9.17) is 5.26 Å². The third-order valence-corrected chi connectivity index (χ3v) is 3.83. The zero-order valence-electron chi connectivity index (χ0n) is 13.0. The summed E-state index contributed by atoms with van der Waals surface area (Å²) < 4.78 is 13.7. The number of hydrogen-bond donors (Lipinski definition) is 1. The highest BCUT2D eigenvalue weighted by molar-refractivity contribution is 6.21. The molecule has 0 atom stereocenters. The van der Waals surface area contributed by atoms with E-state index in [1.807, 2.05) is 6.07 Å². The van der Waals surface area contributed by atoms with Crippen LogP contribution in [-0.2, 0) is 4.79 Å². The molecule has 2 aromatic rings. The molecule has 0 fully saturated rings. The molecular formula is C18H12FN3O3. The summed E-state index contributed by atoms with van der Waals surface area (Å²) in [7, 11) is 0. The number of para-hydroxylation sites is 1. The van der Waals surface area contributed by atoms with E-state index in [1.165, 1.54) is 12.1 Å². The van der Waals surface area contributed by atoms with E-state index in [0.717, 1.165) is 11.0 Å². The zero-order chi connectivity index (χ0) is 18.0. The van der Waals surface area contributed by atoms with Gasteiger partial charge in [0.15, 0.2) is 0 Å². The lowest BCUT2D eigenvalue weighted by atomic mass is 10.1. The van der Waals surface area contributed by atoms with Crippen LogP contribution in [0.3, 0.4) is 0 Å². The van der Waals surface area contributed by atoms with Crippen molar-refractivity contribution in [3.8, 4) is 6.07 Å². The van der Waals surface area contributed by atoms with Crippen LogP contribution in [0, 0.1) is 17.1 Å². The van der Waals surface area contributed by atoms with Crippen LogP contribution in [0.5, 0.6) is 0 Å². The monoisotopic (exact) mass is 337 g/mol. The van der Waals surface area contributed by atoms with Gasteiger partial charge in [0, 0.05) is 13.0 Å². The molecule has 0 aromatic heterocycles. The number of nitrogens with zero attached hydrogens (tertiary/aromatic N) is 2. The summed E-state index contributed by atoms with van der Waals surface area (Å²) in [6.07, 6.45) is -0.160. The van der Waals surface area contributed by atoms with E-state index < -0.39 is 23.5 Å². The SMILES string of the molecule is N#Cc1ccccc1NC(=O)CCN1C(=O)c2cccc(F)c2C1=O. The van der Waals surface area contributed by atoms with Crippen molar-refractivity contribution in [2.45, 2.75) is 6.42 Å². The topological polar surface area (TPSA) is 90.3 Å². The van der Waals surface area contributed by atoms with Crippen molar-refractivity contribution >= 4 is 23.4 Å². The van der Waals surface area contributed by atoms with Crippen LogP contribution in [0.4, 0.5) is 10.1 Å². The smallest absolute Gasteiger partial charge is 0.264 e. The first kappa shape index (κ1) is 16.3. The molecule has 25 heavy (non-hydrogen) atoms. The van der Waals surface area contributed by atoms with Gasteiger partial charge in [-0.05, 0) is 24.3 Å². The van der Waals surface area contributed by atoms with Gasteiger partial charge in [-0.15, -0.1) is 0 Å². The molecule has 7 heteroatoms. The lowest BCUT2D eigenvalue weighted by Crippen LogP contribution is -2.33. The zero-order valence-corrected chi connectivity index (χ0v) is 13.0. The lowest BCUT2D eigenvalue weighted by molar-refractivity contribution is -0.116. The fourth-order valence-electron chi connectivity index (χ4n) is 2.61. The number of rotatable bonds is 4. The molecule has 0 bridgehead atoms. The second-order valence-electron chi connectivity index (χ2n) is 5.38. The highest BCUT2D eigenvalue weighted by Gasteiger charge is 2.37. The molecule has 1 N–H and O–H groups in total. The molecule has 3 rings (SSSR count). The first-order valence-electron chi connectivity index (χ1n) is 7.46. The van der Waals surface area contributed by atoms with E-state index in [1.54, 1.807) is 24.3 Å². The van der Waals surface area contributed by atoms with Crippen LogP contribution < -0.4 is 5.32 Å². The molecule has 0 saturated heterocycles. The van der Waals surface area contributed by atoms with Gasteiger partial charge in [0.05, 0.1) is 22.4 Å². The normalized spacial score (nSPS) is 12.7.